The third-order valence-electron chi connectivity index (χ3n) is 10.3. The molecule has 238 valence electrons. The second-order valence-corrected chi connectivity index (χ2v) is 13.2. The minimum atomic E-state index is 0.915. The van der Waals surface area contributed by atoms with Crippen LogP contribution in [0.1, 0.15) is 0 Å². The van der Waals surface area contributed by atoms with E-state index in [9.17, 15) is 0 Å². The van der Waals surface area contributed by atoms with Crippen LogP contribution in [0.2, 0.25) is 0 Å². The minimum Gasteiger partial charge on any atom is -0.455 e. The van der Waals surface area contributed by atoms with Crippen molar-refractivity contribution in [3.63, 3.8) is 0 Å². The number of benzene rings is 9. The quantitative estimate of drug-likeness (QED) is 0.169. The van der Waals surface area contributed by atoms with Crippen molar-refractivity contribution in [1.82, 2.24) is 0 Å². The Bertz CT molecular complexity index is 2850. The van der Waals surface area contributed by atoms with Crippen molar-refractivity contribution in [2.45, 2.75) is 0 Å². The lowest BCUT2D eigenvalue weighted by atomic mass is 9.85. The molecule has 1 nitrogen and oxygen atoms in total. The lowest BCUT2D eigenvalue weighted by Crippen LogP contribution is -1.91. The maximum atomic E-state index is 6.41. The number of para-hydroxylation sites is 2. The first-order valence-corrected chi connectivity index (χ1v) is 17.5. The van der Waals surface area contributed by atoms with Gasteiger partial charge in [0, 0.05) is 16.3 Å². The summed E-state index contributed by atoms with van der Waals surface area (Å²) < 4.78 is 6.41. The molecule has 0 radical (unpaired) electrons. The van der Waals surface area contributed by atoms with Crippen LogP contribution in [0.15, 0.2) is 199 Å². The Morgan fingerprint density at radius 2 is 0.647 bits per heavy atom. The first kappa shape index (κ1) is 29.2. The van der Waals surface area contributed by atoms with Crippen molar-refractivity contribution in [1.29, 1.82) is 0 Å². The monoisotopic (exact) mass is 648 g/mol. The maximum absolute atomic E-state index is 6.41. The van der Waals surface area contributed by atoms with Gasteiger partial charge in [0.2, 0.25) is 0 Å². The molecule has 0 saturated carbocycles. The highest BCUT2D eigenvalue weighted by molar-refractivity contribution is 6.21. The van der Waals surface area contributed by atoms with Gasteiger partial charge in [-0.2, -0.15) is 0 Å². The van der Waals surface area contributed by atoms with Gasteiger partial charge < -0.3 is 4.42 Å². The summed E-state index contributed by atoms with van der Waals surface area (Å²) in [4.78, 5) is 0. The zero-order chi connectivity index (χ0) is 33.7. The van der Waals surface area contributed by atoms with E-state index in [1.54, 1.807) is 0 Å². The standard InChI is InChI=1S/C50H32O/c1-2-14-33(15-3-1)34-16-11-20-38(31-34)48-42-23-4-6-25-44(42)49(45-26-7-5-24-43(45)48)39-21-12-18-36(32-39)35-17-10-19-37(30-35)40-27-13-28-46-41-22-8-9-29-47(41)51-50(40)46/h1-32H. The highest BCUT2D eigenvalue weighted by Crippen LogP contribution is 2.45. The molecule has 1 heteroatoms. The van der Waals surface area contributed by atoms with Crippen molar-refractivity contribution in [3.8, 4) is 55.6 Å². The first-order chi connectivity index (χ1) is 25.3. The first-order valence-electron chi connectivity index (χ1n) is 17.5. The summed E-state index contributed by atoms with van der Waals surface area (Å²) in [5, 5.41) is 7.29. The van der Waals surface area contributed by atoms with Crippen LogP contribution >= 0.6 is 0 Å². The fourth-order valence-electron chi connectivity index (χ4n) is 7.93. The van der Waals surface area contributed by atoms with Crippen molar-refractivity contribution in [2.75, 3.05) is 0 Å². The van der Waals surface area contributed by atoms with E-state index in [2.05, 4.69) is 182 Å². The average Bonchev–Trinajstić information content (AvgIpc) is 3.59. The number of fused-ring (bicyclic) bond motifs is 5. The topological polar surface area (TPSA) is 13.1 Å². The maximum Gasteiger partial charge on any atom is 0.143 e. The normalized spacial score (nSPS) is 11.5. The van der Waals surface area contributed by atoms with Gasteiger partial charge in [-0.3, -0.25) is 0 Å². The van der Waals surface area contributed by atoms with Crippen molar-refractivity contribution in [2.24, 2.45) is 0 Å². The third kappa shape index (κ3) is 4.94. The fourth-order valence-corrected chi connectivity index (χ4v) is 7.93. The number of rotatable bonds is 5. The van der Waals surface area contributed by atoms with E-state index in [0.717, 1.165) is 33.1 Å². The molecule has 9 aromatic carbocycles. The number of furan rings is 1. The molecule has 1 aromatic heterocycles. The van der Waals surface area contributed by atoms with E-state index >= 15 is 0 Å². The van der Waals surface area contributed by atoms with Gasteiger partial charge in [0.15, 0.2) is 0 Å². The molecule has 0 aliphatic carbocycles. The largest absolute Gasteiger partial charge is 0.455 e. The Morgan fingerprint density at radius 1 is 0.255 bits per heavy atom. The van der Waals surface area contributed by atoms with Crippen molar-refractivity contribution in [3.05, 3.63) is 194 Å². The number of hydrogen-bond donors (Lipinski definition) is 0. The van der Waals surface area contributed by atoms with Gasteiger partial charge in [-0.1, -0.05) is 170 Å². The molecule has 10 rings (SSSR count). The van der Waals surface area contributed by atoms with Crippen molar-refractivity contribution < 1.29 is 4.42 Å². The van der Waals surface area contributed by atoms with Gasteiger partial charge >= 0.3 is 0 Å². The van der Waals surface area contributed by atoms with E-state index in [-0.39, 0.29) is 0 Å². The zero-order valence-corrected chi connectivity index (χ0v) is 27.9. The van der Waals surface area contributed by atoms with Gasteiger partial charge in [-0.25, -0.2) is 0 Å². The summed E-state index contributed by atoms with van der Waals surface area (Å²) in [6.45, 7) is 0. The molecule has 0 aliphatic rings. The number of hydrogen-bond acceptors (Lipinski definition) is 1. The summed E-state index contributed by atoms with van der Waals surface area (Å²) in [6.07, 6.45) is 0. The Balaban J connectivity index is 1.13. The molecule has 0 bridgehead atoms. The predicted octanol–water partition coefficient (Wildman–Crippen LogP) is 14.2. The summed E-state index contributed by atoms with van der Waals surface area (Å²) in [7, 11) is 0. The lowest BCUT2D eigenvalue weighted by molar-refractivity contribution is 0.670. The van der Waals surface area contributed by atoms with Crippen LogP contribution in [0.4, 0.5) is 0 Å². The summed E-state index contributed by atoms with van der Waals surface area (Å²) in [5.41, 5.74) is 13.8. The van der Waals surface area contributed by atoms with Gasteiger partial charge in [0.05, 0.1) is 0 Å². The molecule has 0 fully saturated rings. The van der Waals surface area contributed by atoms with Gasteiger partial charge in [0.1, 0.15) is 11.2 Å². The molecular formula is C50H32O. The molecule has 0 unspecified atom stereocenters. The molecule has 0 spiro atoms. The Kier molecular flexibility index (Phi) is 6.89. The van der Waals surface area contributed by atoms with Crippen LogP contribution < -0.4 is 0 Å². The van der Waals surface area contributed by atoms with Gasteiger partial charge in [-0.15, -0.1) is 0 Å². The molecule has 51 heavy (non-hydrogen) atoms. The second-order valence-electron chi connectivity index (χ2n) is 13.2. The highest BCUT2D eigenvalue weighted by Gasteiger charge is 2.18. The van der Waals surface area contributed by atoms with Crippen LogP contribution in [0, 0.1) is 0 Å². The summed E-state index contributed by atoms with van der Waals surface area (Å²) >= 11 is 0. The van der Waals surface area contributed by atoms with Crippen molar-refractivity contribution >= 4 is 43.5 Å². The van der Waals surface area contributed by atoms with E-state index in [1.807, 2.05) is 12.1 Å². The SMILES string of the molecule is c1ccc(-c2cccc(-c3c4ccccc4c(-c4cccc(-c5cccc(-c6cccc7c6oc6ccccc67)c5)c4)c4ccccc34)c2)cc1. The zero-order valence-electron chi connectivity index (χ0n) is 27.9. The molecule has 0 N–H and O–H groups in total. The summed E-state index contributed by atoms with van der Waals surface area (Å²) in [6, 6.07) is 70.0. The van der Waals surface area contributed by atoms with Gasteiger partial charge in [0.25, 0.3) is 0 Å². The molecule has 0 aliphatic heterocycles. The minimum absolute atomic E-state index is 0.915. The molecule has 0 saturated heterocycles. The molecule has 1 heterocycles. The average molecular weight is 649 g/mol. The molecular weight excluding hydrogens is 617 g/mol. The van der Waals surface area contributed by atoms with Crippen LogP contribution in [-0.2, 0) is 0 Å². The van der Waals surface area contributed by atoms with Crippen LogP contribution in [-0.4, -0.2) is 0 Å². The van der Waals surface area contributed by atoms with E-state index in [1.165, 1.54) is 66.1 Å². The van der Waals surface area contributed by atoms with Crippen LogP contribution in [0.5, 0.6) is 0 Å². The molecule has 10 aromatic rings. The van der Waals surface area contributed by atoms with E-state index < -0.39 is 0 Å². The third-order valence-corrected chi connectivity index (χ3v) is 10.3. The Hall–Kier alpha value is -6.70. The van der Waals surface area contributed by atoms with Crippen LogP contribution in [0.25, 0.3) is 99.1 Å². The highest BCUT2D eigenvalue weighted by atomic mass is 16.3. The second kappa shape index (κ2) is 12.0. The molecule has 0 amide bonds. The lowest BCUT2D eigenvalue weighted by Gasteiger charge is -2.18. The van der Waals surface area contributed by atoms with E-state index in [4.69, 9.17) is 4.42 Å². The predicted molar refractivity (Wildman–Crippen MR) is 216 cm³/mol. The smallest absolute Gasteiger partial charge is 0.143 e. The Labute approximate surface area is 296 Å². The Morgan fingerprint density at radius 3 is 1.24 bits per heavy atom. The molecule has 0 atom stereocenters. The summed E-state index contributed by atoms with van der Waals surface area (Å²) in [5.74, 6) is 0. The van der Waals surface area contributed by atoms with E-state index in [0.29, 0.717) is 0 Å². The fraction of sp³-hybridized carbons (Fsp3) is 0. The van der Waals surface area contributed by atoms with Crippen LogP contribution in [0.3, 0.4) is 0 Å². The van der Waals surface area contributed by atoms with Gasteiger partial charge in [-0.05, 0) is 95.9 Å².